The van der Waals surface area contributed by atoms with Crippen LogP contribution in [0.15, 0.2) is 12.2 Å². The highest BCUT2D eigenvalue weighted by atomic mass is 32.2. The van der Waals surface area contributed by atoms with Crippen molar-refractivity contribution in [2.75, 3.05) is 6.61 Å². The van der Waals surface area contributed by atoms with Crippen molar-refractivity contribution in [3.8, 4) is 0 Å². The van der Waals surface area contributed by atoms with Gasteiger partial charge in [-0.3, -0.25) is 9.35 Å². The second-order valence-electron chi connectivity index (χ2n) is 8.26. The van der Waals surface area contributed by atoms with Crippen LogP contribution in [-0.2, 0) is 29.2 Å². The standard InChI is InChI=1S/C19H22F10O7S/c1-11(17(22,23)24)14(31)36-16(18(25,26)27,13(30)10-12-6-3-2-4-7-12)35-9-5-8-15(20,21)19(28,29)37(32,33)34/h12H,1-10H2,(H,32,33,34). The van der Waals surface area contributed by atoms with Crippen LogP contribution in [-0.4, -0.2) is 60.6 Å². The Morgan fingerprint density at radius 2 is 1.43 bits per heavy atom. The Balaban J connectivity index is 3.26. The summed E-state index contributed by atoms with van der Waals surface area (Å²) >= 11 is 0. The Bertz CT molecular complexity index is 953. The van der Waals surface area contributed by atoms with Crippen molar-refractivity contribution in [2.45, 2.75) is 80.7 Å². The molecule has 1 aliphatic carbocycles. The molecule has 1 unspecified atom stereocenters. The van der Waals surface area contributed by atoms with Gasteiger partial charge in [-0.05, 0) is 12.3 Å². The molecular formula is C19H22F10O7S. The van der Waals surface area contributed by atoms with Crippen molar-refractivity contribution in [1.29, 1.82) is 0 Å². The molecule has 0 aromatic carbocycles. The first-order valence-corrected chi connectivity index (χ1v) is 11.9. The molecule has 0 radical (unpaired) electrons. The van der Waals surface area contributed by atoms with E-state index in [0.29, 0.717) is 19.3 Å². The van der Waals surface area contributed by atoms with Crippen molar-refractivity contribution in [1.82, 2.24) is 0 Å². The number of hydrogen-bond donors (Lipinski definition) is 1. The summed E-state index contributed by atoms with van der Waals surface area (Å²) in [5.74, 6) is -15.8. The van der Waals surface area contributed by atoms with Crippen LogP contribution in [0.5, 0.6) is 0 Å². The Morgan fingerprint density at radius 1 is 0.919 bits per heavy atom. The summed E-state index contributed by atoms with van der Waals surface area (Å²) in [6, 6.07) is 0. The van der Waals surface area contributed by atoms with Crippen molar-refractivity contribution in [2.24, 2.45) is 5.92 Å². The summed E-state index contributed by atoms with van der Waals surface area (Å²) in [5, 5.41) is -6.06. The van der Waals surface area contributed by atoms with Gasteiger partial charge in [0.1, 0.15) is 5.57 Å². The van der Waals surface area contributed by atoms with Gasteiger partial charge in [-0.1, -0.05) is 38.7 Å². The summed E-state index contributed by atoms with van der Waals surface area (Å²) in [4.78, 5) is 24.5. The normalized spacial score (nSPS) is 18.2. The second-order valence-corrected chi connectivity index (χ2v) is 9.72. The molecule has 18 heteroatoms. The third-order valence-corrected chi connectivity index (χ3v) is 6.40. The van der Waals surface area contributed by atoms with Gasteiger partial charge >= 0.3 is 45.4 Å². The van der Waals surface area contributed by atoms with Crippen molar-refractivity contribution >= 4 is 21.9 Å². The van der Waals surface area contributed by atoms with Crippen molar-refractivity contribution < 1.29 is 75.9 Å². The van der Waals surface area contributed by atoms with E-state index < -0.39 is 88.5 Å². The molecule has 37 heavy (non-hydrogen) atoms. The van der Waals surface area contributed by atoms with Gasteiger partial charge in [0.2, 0.25) is 5.78 Å². The maximum Gasteiger partial charge on any atom is 0.463 e. The van der Waals surface area contributed by atoms with Crippen LogP contribution in [0.4, 0.5) is 43.9 Å². The predicted octanol–water partition coefficient (Wildman–Crippen LogP) is 5.36. The molecule has 0 aromatic heterocycles. The lowest BCUT2D eigenvalue weighted by molar-refractivity contribution is -0.347. The molecular weight excluding hydrogens is 562 g/mol. The Morgan fingerprint density at radius 3 is 1.86 bits per heavy atom. The first kappa shape index (κ1) is 33.1. The highest BCUT2D eigenvalue weighted by Gasteiger charge is 2.67. The van der Waals surface area contributed by atoms with Crippen LogP contribution >= 0.6 is 0 Å². The Labute approximate surface area is 203 Å². The highest BCUT2D eigenvalue weighted by molar-refractivity contribution is 7.87. The number of carbonyl (C=O) groups excluding carboxylic acids is 2. The maximum atomic E-state index is 14.0. The number of ketones is 1. The molecule has 0 heterocycles. The number of hydrogen-bond acceptors (Lipinski definition) is 6. The van der Waals surface area contributed by atoms with E-state index in [1.807, 2.05) is 0 Å². The predicted molar refractivity (Wildman–Crippen MR) is 103 cm³/mol. The lowest BCUT2D eigenvalue weighted by Gasteiger charge is -2.35. The Hall–Kier alpha value is -1.95. The minimum absolute atomic E-state index is 0.236. The van der Waals surface area contributed by atoms with Crippen molar-refractivity contribution in [3.63, 3.8) is 0 Å². The van der Waals surface area contributed by atoms with Crippen molar-refractivity contribution in [3.05, 3.63) is 12.2 Å². The molecule has 1 N–H and O–H groups in total. The average Bonchev–Trinajstić information content (AvgIpc) is 2.73. The van der Waals surface area contributed by atoms with E-state index in [1.165, 1.54) is 0 Å². The summed E-state index contributed by atoms with van der Waals surface area (Å²) in [5.41, 5.74) is -2.46. The van der Waals surface area contributed by atoms with Crippen LogP contribution in [0.2, 0.25) is 0 Å². The molecule has 0 amide bonds. The van der Waals surface area contributed by atoms with Gasteiger partial charge in [0, 0.05) is 12.8 Å². The van der Waals surface area contributed by atoms with Gasteiger partial charge in [-0.25, -0.2) is 4.79 Å². The number of rotatable bonds is 12. The van der Waals surface area contributed by atoms with Crippen LogP contribution in [0.1, 0.15) is 51.4 Å². The SMILES string of the molecule is C=C(C(=O)OC(OCCCC(F)(F)C(F)(F)S(=O)(=O)O)(C(=O)CC1CCCCC1)C(F)(F)F)C(F)(F)F. The average molecular weight is 584 g/mol. The maximum absolute atomic E-state index is 14.0. The van der Waals surface area contributed by atoms with E-state index in [9.17, 15) is 61.9 Å². The number of Topliss-reactive ketones (excluding diaryl/α,β-unsaturated/α-hetero) is 1. The lowest BCUT2D eigenvalue weighted by Crippen LogP contribution is -2.58. The molecule has 0 aliphatic heterocycles. The molecule has 1 aliphatic rings. The summed E-state index contributed by atoms with van der Waals surface area (Å²) in [6.45, 7) is 0.512. The smallest absolute Gasteiger partial charge is 0.413 e. The second kappa shape index (κ2) is 11.4. The molecule has 0 saturated heterocycles. The van der Waals surface area contributed by atoms with Crippen LogP contribution in [0.25, 0.3) is 0 Å². The van der Waals surface area contributed by atoms with E-state index in [0.717, 1.165) is 0 Å². The van der Waals surface area contributed by atoms with Gasteiger partial charge in [0.05, 0.1) is 6.61 Å². The molecule has 1 saturated carbocycles. The Kier molecular flexibility index (Phi) is 10.2. The van der Waals surface area contributed by atoms with Crippen LogP contribution in [0.3, 0.4) is 0 Å². The quantitative estimate of drug-likeness (QED) is 0.0822. The fourth-order valence-electron chi connectivity index (χ4n) is 3.40. The van der Waals surface area contributed by atoms with Gasteiger partial charge in [0.25, 0.3) is 0 Å². The van der Waals surface area contributed by atoms with E-state index >= 15 is 0 Å². The van der Waals surface area contributed by atoms with Crippen LogP contribution in [0, 0.1) is 5.92 Å². The van der Waals surface area contributed by atoms with E-state index in [4.69, 9.17) is 4.55 Å². The number of ether oxygens (including phenoxy) is 2. The van der Waals surface area contributed by atoms with E-state index in [-0.39, 0.29) is 12.8 Å². The molecule has 0 spiro atoms. The first-order valence-electron chi connectivity index (χ1n) is 10.5. The van der Waals surface area contributed by atoms with Gasteiger partial charge in [0.15, 0.2) is 0 Å². The number of halogens is 10. The lowest BCUT2D eigenvalue weighted by atomic mass is 9.84. The molecule has 7 nitrogen and oxygen atoms in total. The highest BCUT2D eigenvalue weighted by Crippen LogP contribution is 2.43. The number of alkyl halides is 10. The zero-order chi connectivity index (χ0) is 29.1. The number of carbonyl (C=O) groups is 2. The fraction of sp³-hybridized carbons (Fsp3) is 0.789. The fourth-order valence-corrected chi connectivity index (χ4v) is 3.88. The van der Waals surface area contributed by atoms with E-state index in [2.05, 4.69) is 16.1 Å². The summed E-state index contributed by atoms with van der Waals surface area (Å²) < 4.78 is 171. The zero-order valence-electron chi connectivity index (χ0n) is 18.7. The van der Waals surface area contributed by atoms with E-state index in [1.54, 1.807) is 0 Å². The monoisotopic (exact) mass is 584 g/mol. The molecule has 0 aromatic rings. The van der Waals surface area contributed by atoms with Gasteiger partial charge in [-0.15, -0.1) is 0 Å². The zero-order valence-corrected chi connectivity index (χ0v) is 19.5. The number of esters is 1. The molecule has 0 bridgehead atoms. The van der Waals surface area contributed by atoms with Crippen LogP contribution < -0.4 is 0 Å². The van der Waals surface area contributed by atoms with Gasteiger partial charge < -0.3 is 9.47 Å². The third kappa shape index (κ3) is 7.78. The largest absolute Gasteiger partial charge is 0.463 e. The molecule has 1 atom stereocenters. The minimum atomic E-state index is -6.66. The topological polar surface area (TPSA) is 107 Å². The summed E-state index contributed by atoms with van der Waals surface area (Å²) in [6.07, 6.45) is -14.3. The third-order valence-electron chi connectivity index (χ3n) is 5.45. The molecule has 1 fully saturated rings. The van der Waals surface area contributed by atoms with Gasteiger partial charge in [-0.2, -0.15) is 52.3 Å². The summed E-state index contributed by atoms with van der Waals surface area (Å²) in [7, 11) is -6.66. The molecule has 216 valence electrons. The minimum Gasteiger partial charge on any atom is -0.413 e. The first-order chi connectivity index (χ1) is 16.5. The molecule has 1 rings (SSSR count).